The van der Waals surface area contributed by atoms with Crippen LogP contribution in [0.4, 0.5) is 26.3 Å². The number of carboxylic acids is 2. The number of fused-ring (bicyclic) bond motifs is 2. The minimum Gasteiger partial charge on any atom is -0.477 e. The maximum Gasteiger partial charge on any atom is 0.416 e. The summed E-state index contributed by atoms with van der Waals surface area (Å²) in [7, 11) is 0. The molecule has 0 unspecified atom stereocenters. The quantitative estimate of drug-likeness (QED) is 0.291. The van der Waals surface area contributed by atoms with E-state index in [1.165, 1.54) is 0 Å². The van der Waals surface area contributed by atoms with Crippen LogP contribution in [0.5, 0.6) is 0 Å². The van der Waals surface area contributed by atoms with Gasteiger partial charge in [0.25, 0.3) is 0 Å². The van der Waals surface area contributed by atoms with Crippen molar-refractivity contribution in [2.45, 2.75) is 12.4 Å². The smallest absolute Gasteiger partial charge is 0.416 e. The highest BCUT2D eigenvalue weighted by atomic mass is 19.4. The van der Waals surface area contributed by atoms with Crippen LogP contribution in [0, 0.1) is 0 Å². The second-order valence-electron chi connectivity index (χ2n) is 7.19. The van der Waals surface area contributed by atoms with Gasteiger partial charge in [0.2, 0.25) is 10.9 Å². The van der Waals surface area contributed by atoms with Crippen molar-refractivity contribution in [1.82, 2.24) is 9.97 Å². The Balaban J connectivity index is 0.000000201. The van der Waals surface area contributed by atoms with Gasteiger partial charge in [-0.25, -0.2) is 9.59 Å². The SMILES string of the molecule is O=C(O)c1c[nH]c2cc(C(F)(F)F)ccc2c1=O.O=C(O)c1c[nH]c2cc(C(F)(F)F)ccc2c1=O. The molecule has 188 valence electrons. The largest absolute Gasteiger partial charge is 0.477 e. The van der Waals surface area contributed by atoms with Crippen LogP contribution in [-0.4, -0.2) is 32.1 Å². The number of hydrogen-bond donors (Lipinski definition) is 4. The Morgan fingerprint density at radius 1 is 0.639 bits per heavy atom. The highest BCUT2D eigenvalue weighted by molar-refractivity contribution is 5.93. The molecule has 2 heterocycles. The van der Waals surface area contributed by atoms with Gasteiger partial charge in [-0.1, -0.05) is 0 Å². The van der Waals surface area contributed by atoms with Crippen LogP contribution in [0.1, 0.15) is 31.8 Å². The number of rotatable bonds is 2. The topological polar surface area (TPSA) is 140 Å². The predicted octanol–water partition coefficient (Wildman–Crippen LogP) is 4.49. The zero-order chi connectivity index (χ0) is 27.0. The molecule has 0 fully saturated rings. The van der Waals surface area contributed by atoms with Gasteiger partial charge in [0.1, 0.15) is 11.1 Å². The number of carboxylic acid groups (broad SMARTS) is 2. The van der Waals surface area contributed by atoms with Crippen molar-refractivity contribution in [2.24, 2.45) is 0 Å². The summed E-state index contributed by atoms with van der Waals surface area (Å²) in [5, 5.41) is 17.2. The van der Waals surface area contributed by atoms with Gasteiger partial charge < -0.3 is 20.2 Å². The van der Waals surface area contributed by atoms with Crippen LogP contribution in [0.2, 0.25) is 0 Å². The van der Waals surface area contributed by atoms with Gasteiger partial charge in [-0.05, 0) is 36.4 Å². The molecule has 14 heteroatoms. The Morgan fingerprint density at radius 3 is 1.25 bits per heavy atom. The zero-order valence-electron chi connectivity index (χ0n) is 17.4. The number of nitrogens with one attached hydrogen (secondary N) is 2. The summed E-state index contributed by atoms with van der Waals surface area (Å²) in [6.07, 6.45) is -7.27. The molecule has 4 N–H and O–H groups in total. The summed E-state index contributed by atoms with van der Waals surface area (Å²) in [6, 6.07) is 4.93. The Morgan fingerprint density at radius 2 is 0.972 bits per heavy atom. The first-order valence-corrected chi connectivity index (χ1v) is 9.53. The molecule has 8 nitrogen and oxygen atoms in total. The fraction of sp³-hybridized carbons (Fsp3) is 0.0909. The van der Waals surface area contributed by atoms with Crippen molar-refractivity contribution in [3.63, 3.8) is 0 Å². The number of alkyl halides is 6. The van der Waals surface area contributed by atoms with E-state index in [1.54, 1.807) is 0 Å². The summed E-state index contributed by atoms with van der Waals surface area (Å²) in [5.74, 6) is -2.86. The summed E-state index contributed by atoms with van der Waals surface area (Å²) in [5.41, 5.74) is -4.58. The number of hydrogen-bond acceptors (Lipinski definition) is 4. The van der Waals surface area contributed by atoms with E-state index in [0.717, 1.165) is 48.8 Å². The molecule has 0 aliphatic heterocycles. The van der Waals surface area contributed by atoms with Crippen LogP contribution >= 0.6 is 0 Å². The van der Waals surface area contributed by atoms with E-state index in [2.05, 4.69) is 9.97 Å². The molecule has 36 heavy (non-hydrogen) atoms. The Hall–Kier alpha value is -4.62. The molecule has 0 atom stereocenters. The number of aromatic nitrogens is 2. The van der Waals surface area contributed by atoms with E-state index in [1.807, 2.05) is 0 Å². The summed E-state index contributed by atoms with van der Waals surface area (Å²) >= 11 is 0. The van der Waals surface area contributed by atoms with Crippen molar-refractivity contribution < 1.29 is 46.1 Å². The Kier molecular flexibility index (Phi) is 6.64. The molecule has 0 saturated heterocycles. The third-order valence-electron chi connectivity index (χ3n) is 4.88. The molecule has 0 aliphatic carbocycles. The van der Waals surface area contributed by atoms with Crippen LogP contribution in [0.25, 0.3) is 21.8 Å². The summed E-state index contributed by atoms with van der Waals surface area (Å²) < 4.78 is 74.6. The second-order valence-corrected chi connectivity index (χ2v) is 7.19. The van der Waals surface area contributed by atoms with Crippen LogP contribution in [0.15, 0.2) is 58.4 Å². The first-order valence-electron chi connectivity index (χ1n) is 9.53. The van der Waals surface area contributed by atoms with E-state index >= 15 is 0 Å². The third kappa shape index (κ3) is 5.21. The molecule has 0 saturated carbocycles. The fourth-order valence-corrected chi connectivity index (χ4v) is 3.11. The molecular weight excluding hydrogens is 502 g/mol. The molecule has 0 amide bonds. The summed E-state index contributed by atoms with van der Waals surface area (Å²) in [6.45, 7) is 0. The van der Waals surface area contributed by atoms with E-state index < -0.39 is 57.4 Å². The van der Waals surface area contributed by atoms with E-state index in [4.69, 9.17) is 10.2 Å². The molecule has 0 spiro atoms. The van der Waals surface area contributed by atoms with Crippen molar-refractivity contribution in [3.8, 4) is 0 Å². The Labute approximate surface area is 194 Å². The molecule has 2 aromatic heterocycles. The highest BCUT2D eigenvalue weighted by Crippen LogP contribution is 2.31. The third-order valence-corrected chi connectivity index (χ3v) is 4.88. The van der Waals surface area contributed by atoms with Gasteiger partial charge in [0, 0.05) is 34.2 Å². The predicted molar refractivity (Wildman–Crippen MR) is 113 cm³/mol. The van der Waals surface area contributed by atoms with Gasteiger partial charge in [-0.3, -0.25) is 9.59 Å². The lowest BCUT2D eigenvalue weighted by Gasteiger charge is -2.07. The average molecular weight is 514 g/mol. The standard InChI is InChI=1S/2C11H6F3NO3/c2*12-11(13,14)5-1-2-6-8(3-5)15-4-7(9(6)16)10(17)18/h2*1-4H,(H,15,16)(H,17,18). The van der Waals surface area contributed by atoms with Crippen LogP contribution in [-0.2, 0) is 12.4 Å². The lowest BCUT2D eigenvalue weighted by atomic mass is 10.1. The van der Waals surface area contributed by atoms with Crippen LogP contribution < -0.4 is 10.9 Å². The fourth-order valence-electron chi connectivity index (χ4n) is 3.11. The lowest BCUT2D eigenvalue weighted by molar-refractivity contribution is -0.138. The maximum absolute atomic E-state index is 12.4. The highest BCUT2D eigenvalue weighted by Gasteiger charge is 2.31. The average Bonchev–Trinajstić information content (AvgIpc) is 2.78. The second kappa shape index (κ2) is 9.20. The zero-order valence-corrected chi connectivity index (χ0v) is 17.4. The maximum atomic E-state index is 12.4. The number of aromatic amines is 2. The molecule has 4 aromatic rings. The number of aromatic carboxylic acids is 2. The molecule has 4 rings (SSSR count). The number of carbonyl (C=O) groups is 2. The first-order chi connectivity index (χ1) is 16.6. The molecule has 0 radical (unpaired) electrons. The van der Waals surface area contributed by atoms with Crippen molar-refractivity contribution in [3.05, 3.63) is 91.5 Å². The molecule has 2 aromatic carbocycles. The van der Waals surface area contributed by atoms with Gasteiger partial charge >= 0.3 is 24.3 Å². The number of pyridine rings is 2. The molecule has 0 aliphatic rings. The molecular formula is C22H12F6N2O6. The van der Waals surface area contributed by atoms with Crippen molar-refractivity contribution in [1.29, 1.82) is 0 Å². The van der Waals surface area contributed by atoms with Crippen molar-refractivity contribution in [2.75, 3.05) is 0 Å². The van der Waals surface area contributed by atoms with Gasteiger partial charge in [0.15, 0.2) is 0 Å². The lowest BCUT2D eigenvalue weighted by Crippen LogP contribution is -2.15. The number of H-pyrrole nitrogens is 2. The number of benzene rings is 2. The van der Waals surface area contributed by atoms with Crippen LogP contribution in [0.3, 0.4) is 0 Å². The minimum atomic E-state index is -4.52. The first kappa shape index (κ1) is 26.0. The van der Waals surface area contributed by atoms with E-state index in [9.17, 15) is 45.5 Å². The van der Waals surface area contributed by atoms with Gasteiger partial charge in [0.05, 0.1) is 11.1 Å². The minimum absolute atomic E-state index is 0.0557. The van der Waals surface area contributed by atoms with E-state index in [-0.39, 0.29) is 21.8 Å². The van der Waals surface area contributed by atoms with Gasteiger partial charge in [-0.2, -0.15) is 26.3 Å². The molecule has 0 bridgehead atoms. The summed E-state index contributed by atoms with van der Waals surface area (Å²) in [4.78, 5) is 49.4. The van der Waals surface area contributed by atoms with Gasteiger partial charge in [-0.15, -0.1) is 0 Å². The van der Waals surface area contributed by atoms with Crippen molar-refractivity contribution >= 4 is 33.7 Å². The Bertz CT molecular complexity index is 1500. The van der Waals surface area contributed by atoms with E-state index in [0.29, 0.717) is 0 Å². The number of halogens is 6. The monoisotopic (exact) mass is 514 g/mol. The normalized spacial score (nSPS) is 11.7.